The number of nitriles is 1. The Bertz CT molecular complexity index is 1080. The lowest BCUT2D eigenvalue weighted by atomic mass is 9.67. The van der Waals surface area contributed by atoms with Crippen molar-refractivity contribution in [2.45, 2.75) is 56.2 Å². The summed E-state index contributed by atoms with van der Waals surface area (Å²) in [6, 6.07) is 35.5. The van der Waals surface area contributed by atoms with Crippen LogP contribution >= 0.6 is 0 Å². The van der Waals surface area contributed by atoms with E-state index in [1.165, 1.54) is 31.2 Å². The molecule has 2 aliphatic rings. The fourth-order valence-corrected chi connectivity index (χ4v) is 6.87. The number of likely N-dealkylation sites (N-methyl/N-ethyl adjacent to an activating group) is 1. The smallest absolute Gasteiger partial charge is 0.107 e. The summed E-state index contributed by atoms with van der Waals surface area (Å²) in [5.74, 6) is 0.559. The second-order valence-corrected chi connectivity index (χ2v) is 10.8. The predicted molar refractivity (Wildman–Crippen MR) is 141 cm³/mol. The van der Waals surface area contributed by atoms with Gasteiger partial charge in [-0.1, -0.05) is 91.0 Å². The monoisotopic (exact) mass is 592 g/mol. The summed E-state index contributed by atoms with van der Waals surface area (Å²) in [5, 5.41) is 10.6. The number of nitrogens with zero attached hydrogens (tertiary/aromatic N) is 2. The van der Waals surface area contributed by atoms with Crippen molar-refractivity contribution < 1.29 is 33.2 Å². The molecule has 0 radical (unpaired) electrons. The van der Waals surface area contributed by atoms with Crippen LogP contribution in [0.15, 0.2) is 91.0 Å². The van der Waals surface area contributed by atoms with Crippen molar-refractivity contribution in [3.8, 4) is 6.07 Å². The van der Waals surface area contributed by atoms with Gasteiger partial charge in [0.1, 0.15) is 12.0 Å². The minimum Gasteiger partial charge on any atom is -1.00 e. The molecule has 0 N–H and O–H groups in total. The van der Waals surface area contributed by atoms with Crippen molar-refractivity contribution in [3.05, 3.63) is 108 Å². The van der Waals surface area contributed by atoms with Gasteiger partial charge >= 0.3 is 0 Å². The van der Waals surface area contributed by atoms with E-state index in [0.717, 1.165) is 35.2 Å². The molecule has 4 atom stereocenters. The maximum atomic E-state index is 10.6. The van der Waals surface area contributed by atoms with Crippen LogP contribution in [0.1, 0.15) is 48.8 Å². The summed E-state index contributed by atoms with van der Waals surface area (Å²) >= 11 is 0. The average molecular weight is 593 g/mol. The van der Waals surface area contributed by atoms with Crippen LogP contribution in [0.3, 0.4) is 0 Å². The molecule has 3 aromatic carbocycles. The van der Waals surface area contributed by atoms with Gasteiger partial charge in [-0.2, -0.15) is 5.26 Å². The Labute approximate surface area is 233 Å². The van der Waals surface area contributed by atoms with Gasteiger partial charge in [-0.05, 0) is 29.0 Å². The van der Waals surface area contributed by atoms with Gasteiger partial charge in [0.25, 0.3) is 0 Å². The van der Waals surface area contributed by atoms with Gasteiger partial charge in [0, 0.05) is 25.7 Å². The molecule has 0 aromatic heterocycles. The predicted octanol–water partition coefficient (Wildman–Crippen LogP) is 3.49. The highest BCUT2D eigenvalue weighted by Gasteiger charge is 2.52. The number of piperidine rings is 1. The third-order valence-corrected chi connectivity index (χ3v) is 8.86. The minimum absolute atomic E-state index is 0. The van der Waals surface area contributed by atoms with Crippen molar-refractivity contribution in [3.63, 3.8) is 0 Å². The number of rotatable bonds is 9. The molecule has 3 aromatic rings. The van der Waals surface area contributed by atoms with E-state index in [2.05, 4.69) is 85.9 Å². The Kier molecular flexibility index (Phi) is 8.87. The first-order chi connectivity index (χ1) is 17.1. The molecule has 0 amide bonds. The van der Waals surface area contributed by atoms with Crippen molar-refractivity contribution in [2.24, 2.45) is 5.92 Å². The Balaban J connectivity index is 0.00000304. The first-order valence-electron chi connectivity index (χ1n) is 13.1. The summed E-state index contributed by atoms with van der Waals surface area (Å²) in [5.41, 5.74) is 2.90. The van der Waals surface area contributed by atoms with E-state index in [-0.39, 0.29) is 24.0 Å². The van der Waals surface area contributed by atoms with Crippen LogP contribution < -0.4 is 24.0 Å². The Morgan fingerprint density at radius 3 is 1.83 bits per heavy atom. The lowest BCUT2D eigenvalue weighted by Gasteiger charge is -2.48. The van der Waals surface area contributed by atoms with Gasteiger partial charge in [0.05, 0.1) is 38.4 Å². The summed E-state index contributed by atoms with van der Waals surface area (Å²) in [6.07, 6.45) is 5.90. The molecule has 188 valence electrons. The highest BCUT2D eigenvalue weighted by Crippen LogP contribution is 2.48. The molecule has 2 saturated heterocycles. The Morgan fingerprint density at radius 1 is 0.833 bits per heavy atom. The van der Waals surface area contributed by atoms with E-state index in [4.69, 9.17) is 4.74 Å². The molecule has 2 unspecified atom stereocenters. The summed E-state index contributed by atoms with van der Waals surface area (Å²) in [4.78, 5) is 0. The zero-order chi connectivity index (χ0) is 24.1. The van der Waals surface area contributed by atoms with Gasteiger partial charge in [0.2, 0.25) is 0 Å². The standard InChI is InChI=1S/C32H37N2O.HI/c1-34(19-20-35-24-26-11-5-2-6-12-26)30-17-18-31(34)22-27(21-30)23-32(25-33,28-13-7-3-8-14-28)29-15-9-4-10-16-29;/h2-16,27,30-31H,17-24H2,1H3;1H/q+1;/p-1/t27?,30-,31+,34?;. The van der Waals surface area contributed by atoms with Crippen LogP contribution in [0.25, 0.3) is 0 Å². The van der Waals surface area contributed by atoms with Crippen molar-refractivity contribution in [1.82, 2.24) is 0 Å². The van der Waals surface area contributed by atoms with Crippen LogP contribution in [0, 0.1) is 17.2 Å². The molecule has 36 heavy (non-hydrogen) atoms. The highest BCUT2D eigenvalue weighted by molar-refractivity contribution is 5.46. The molecular weight excluding hydrogens is 555 g/mol. The fourth-order valence-electron chi connectivity index (χ4n) is 6.87. The molecule has 4 heteroatoms. The van der Waals surface area contributed by atoms with E-state index in [0.29, 0.717) is 24.6 Å². The number of quaternary nitrogens is 1. The summed E-state index contributed by atoms with van der Waals surface area (Å²) in [6.45, 7) is 2.58. The zero-order valence-electron chi connectivity index (χ0n) is 21.2. The van der Waals surface area contributed by atoms with E-state index >= 15 is 0 Å². The van der Waals surface area contributed by atoms with E-state index < -0.39 is 5.41 Å². The van der Waals surface area contributed by atoms with E-state index in [1.54, 1.807) is 0 Å². The maximum absolute atomic E-state index is 10.6. The van der Waals surface area contributed by atoms with Crippen molar-refractivity contribution in [1.29, 1.82) is 5.26 Å². The molecule has 0 aliphatic carbocycles. The molecule has 2 bridgehead atoms. The molecule has 2 fully saturated rings. The highest BCUT2D eigenvalue weighted by atomic mass is 127. The minimum atomic E-state index is -0.591. The Hall–Kier alpha value is -2.20. The van der Waals surface area contributed by atoms with Crippen LogP contribution in [-0.2, 0) is 16.8 Å². The third-order valence-electron chi connectivity index (χ3n) is 8.86. The zero-order valence-corrected chi connectivity index (χ0v) is 23.4. The number of hydrogen-bond donors (Lipinski definition) is 0. The van der Waals surface area contributed by atoms with Crippen LogP contribution in [0.4, 0.5) is 0 Å². The topological polar surface area (TPSA) is 33.0 Å². The second kappa shape index (κ2) is 11.9. The normalized spacial score (nSPS) is 25.1. The second-order valence-electron chi connectivity index (χ2n) is 10.8. The number of ether oxygens (including phenoxy) is 1. The molecule has 0 saturated carbocycles. The first-order valence-corrected chi connectivity index (χ1v) is 13.1. The van der Waals surface area contributed by atoms with Gasteiger partial charge in [-0.3, -0.25) is 0 Å². The van der Waals surface area contributed by atoms with Crippen LogP contribution in [0.5, 0.6) is 0 Å². The van der Waals surface area contributed by atoms with Gasteiger partial charge < -0.3 is 33.2 Å². The summed E-state index contributed by atoms with van der Waals surface area (Å²) in [7, 11) is 2.45. The molecule has 5 rings (SSSR count). The molecule has 3 nitrogen and oxygen atoms in total. The van der Waals surface area contributed by atoms with Crippen molar-refractivity contribution >= 4 is 0 Å². The molecule has 2 aliphatic heterocycles. The lowest BCUT2D eigenvalue weighted by Crippen LogP contribution is -3.00. The van der Waals surface area contributed by atoms with Crippen LogP contribution in [-0.4, -0.2) is 36.8 Å². The number of benzene rings is 3. The largest absolute Gasteiger partial charge is 1.00 e. The van der Waals surface area contributed by atoms with Gasteiger partial charge in [-0.25, -0.2) is 0 Å². The van der Waals surface area contributed by atoms with Crippen LogP contribution in [0.2, 0.25) is 0 Å². The lowest BCUT2D eigenvalue weighted by molar-refractivity contribution is -0.949. The first kappa shape index (κ1) is 26.9. The number of hydrogen-bond acceptors (Lipinski definition) is 2. The van der Waals surface area contributed by atoms with Crippen molar-refractivity contribution in [2.75, 3.05) is 20.2 Å². The van der Waals surface area contributed by atoms with Gasteiger partial charge in [-0.15, -0.1) is 0 Å². The molecule has 2 heterocycles. The number of fused-ring (bicyclic) bond motifs is 2. The SMILES string of the molecule is C[N+]1(CCOCc2ccccc2)[C@@H]2CC[C@H]1CC(CC(C#N)(c1ccccc1)c1ccccc1)C2.[I-]. The molecule has 0 spiro atoms. The van der Waals surface area contributed by atoms with Gasteiger partial charge in [0.15, 0.2) is 0 Å². The Morgan fingerprint density at radius 2 is 1.33 bits per heavy atom. The average Bonchev–Trinajstić information content (AvgIpc) is 3.07. The molecular formula is C32H37IN2O. The fraction of sp³-hybridized carbons (Fsp3) is 0.406. The van der Waals surface area contributed by atoms with E-state index in [9.17, 15) is 5.26 Å². The third kappa shape index (κ3) is 5.39. The maximum Gasteiger partial charge on any atom is 0.107 e. The number of halogens is 1. The quantitative estimate of drug-likeness (QED) is 0.217. The van der Waals surface area contributed by atoms with E-state index in [1.807, 2.05) is 18.2 Å². The summed E-state index contributed by atoms with van der Waals surface area (Å²) < 4.78 is 7.23.